The zero-order valence-electron chi connectivity index (χ0n) is 10.1. The molecule has 1 aliphatic heterocycles. The summed E-state index contributed by atoms with van der Waals surface area (Å²) in [7, 11) is 0. The van der Waals surface area contributed by atoms with Gasteiger partial charge in [-0.15, -0.1) is 0 Å². The topological polar surface area (TPSA) is 47.4 Å². The van der Waals surface area contributed by atoms with Gasteiger partial charge in [0.1, 0.15) is 6.61 Å². The molecular formula is C12H16IN3O2. The minimum absolute atomic E-state index is 0.132. The molecule has 3 rings (SSSR count). The van der Waals surface area contributed by atoms with Crippen molar-refractivity contribution >= 4 is 28.7 Å². The first-order valence-corrected chi connectivity index (χ1v) is 7.45. The molecule has 0 spiro atoms. The number of halogens is 1. The highest BCUT2D eigenvalue weighted by molar-refractivity contribution is 14.1. The minimum atomic E-state index is -0.132. The van der Waals surface area contributed by atoms with Crippen molar-refractivity contribution in [2.24, 2.45) is 0 Å². The number of amides is 1. The van der Waals surface area contributed by atoms with Crippen molar-refractivity contribution in [3.8, 4) is 0 Å². The number of cyclic esters (lactones) is 1. The molecule has 1 aromatic rings. The van der Waals surface area contributed by atoms with Crippen molar-refractivity contribution in [2.75, 3.05) is 13.2 Å². The van der Waals surface area contributed by atoms with Gasteiger partial charge in [-0.3, -0.25) is 4.68 Å². The average molecular weight is 361 g/mol. The lowest BCUT2D eigenvalue weighted by Crippen LogP contribution is -2.39. The van der Waals surface area contributed by atoms with Gasteiger partial charge in [0.25, 0.3) is 0 Å². The molecule has 2 aliphatic rings. The number of hydrogen-bond donors (Lipinski definition) is 0. The van der Waals surface area contributed by atoms with Crippen LogP contribution in [0, 0.1) is 3.57 Å². The lowest BCUT2D eigenvalue weighted by molar-refractivity contribution is 0.132. The van der Waals surface area contributed by atoms with Crippen molar-refractivity contribution in [1.29, 1.82) is 0 Å². The minimum Gasteiger partial charge on any atom is -0.448 e. The summed E-state index contributed by atoms with van der Waals surface area (Å²) in [5, 5.41) is 4.38. The van der Waals surface area contributed by atoms with Crippen molar-refractivity contribution in [3.63, 3.8) is 0 Å². The van der Waals surface area contributed by atoms with Gasteiger partial charge < -0.3 is 9.64 Å². The number of nitrogens with zero attached hydrogens (tertiary/aromatic N) is 3. The number of carbonyl (C=O) groups excluding carboxylic acids is 1. The summed E-state index contributed by atoms with van der Waals surface area (Å²) in [6.07, 6.45) is 8.14. The molecule has 1 saturated heterocycles. The summed E-state index contributed by atoms with van der Waals surface area (Å²) in [5.41, 5.74) is 0. The summed E-state index contributed by atoms with van der Waals surface area (Å²) >= 11 is 2.28. The number of carbonyl (C=O) groups is 1. The highest BCUT2D eigenvalue weighted by Crippen LogP contribution is 2.31. The van der Waals surface area contributed by atoms with Gasteiger partial charge in [0.2, 0.25) is 0 Å². The number of aromatic nitrogens is 2. The van der Waals surface area contributed by atoms with Crippen LogP contribution in [-0.4, -0.2) is 40.0 Å². The number of hydrogen-bond acceptors (Lipinski definition) is 3. The molecule has 0 atom stereocenters. The normalized spacial score (nSPS) is 28.5. The largest absolute Gasteiger partial charge is 0.448 e. The third-order valence-corrected chi connectivity index (χ3v) is 4.40. The molecule has 0 radical (unpaired) electrons. The van der Waals surface area contributed by atoms with Gasteiger partial charge in [-0.05, 0) is 48.3 Å². The van der Waals surface area contributed by atoms with Crippen molar-refractivity contribution in [3.05, 3.63) is 16.0 Å². The summed E-state index contributed by atoms with van der Waals surface area (Å²) in [4.78, 5) is 13.4. The zero-order chi connectivity index (χ0) is 12.5. The molecule has 6 heteroatoms. The molecule has 1 aliphatic carbocycles. The lowest BCUT2D eigenvalue weighted by atomic mass is 9.90. The van der Waals surface area contributed by atoms with E-state index in [0.29, 0.717) is 18.7 Å². The molecule has 2 fully saturated rings. The fourth-order valence-corrected chi connectivity index (χ4v) is 3.30. The SMILES string of the molecule is O=C1OCCN1[C@H]1CC[C@H](n2cc(I)cn2)CC1. The van der Waals surface area contributed by atoms with Crippen LogP contribution in [0.3, 0.4) is 0 Å². The van der Waals surface area contributed by atoms with E-state index in [1.54, 1.807) is 0 Å². The maximum absolute atomic E-state index is 11.5. The van der Waals surface area contributed by atoms with Crippen LogP contribution in [0.2, 0.25) is 0 Å². The summed E-state index contributed by atoms with van der Waals surface area (Å²) in [5.74, 6) is 0. The molecule has 5 nitrogen and oxygen atoms in total. The van der Waals surface area contributed by atoms with E-state index in [4.69, 9.17) is 4.74 Å². The highest BCUT2D eigenvalue weighted by Gasteiger charge is 2.33. The van der Waals surface area contributed by atoms with E-state index in [0.717, 1.165) is 32.2 Å². The maximum atomic E-state index is 11.5. The van der Waals surface area contributed by atoms with Crippen LogP contribution >= 0.6 is 22.6 Å². The van der Waals surface area contributed by atoms with E-state index in [9.17, 15) is 4.79 Å². The van der Waals surface area contributed by atoms with Crippen LogP contribution < -0.4 is 0 Å². The first-order chi connectivity index (χ1) is 8.74. The Hall–Kier alpha value is -0.790. The van der Waals surface area contributed by atoms with Gasteiger partial charge in [0.05, 0.1) is 22.4 Å². The maximum Gasteiger partial charge on any atom is 0.410 e. The second-order valence-electron chi connectivity index (χ2n) is 4.91. The Labute approximate surface area is 120 Å². The van der Waals surface area contributed by atoms with Crippen LogP contribution in [-0.2, 0) is 4.74 Å². The van der Waals surface area contributed by atoms with Gasteiger partial charge in [0.15, 0.2) is 0 Å². The summed E-state index contributed by atoms with van der Waals surface area (Å²) in [6.45, 7) is 1.31. The molecular weight excluding hydrogens is 345 g/mol. The predicted octanol–water partition coefficient (Wildman–Crippen LogP) is 2.42. The van der Waals surface area contributed by atoms with E-state index in [1.165, 1.54) is 3.57 Å². The first-order valence-electron chi connectivity index (χ1n) is 6.37. The highest BCUT2D eigenvalue weighted by atomic mass is 127. The molecule has 2 heterocycles. The molecule has 18 heavy (non-hydrogen) atoms. The molecule has 0 N–H and O–H groups in total. The van der Waals surface area contributed by atoms with Crippen LogP contribution in [0.4, 0.5) is 4.79 Å². The molecule has 0 aromatic carbocycles. The van der Waals surface area contributed by atoms with E-state index in [2.05, 4.69) is 38.6 Å². The Morgan fingerprint density at radius 2 is 2.00 bits per heavy atom. The molecule has 0 bridgehead atoms. The van der Waals surface area contributed by atoms with E-state index in [1.807, 2.05) is 11.1 Å². The van der Waals surface area contributed by atoms with Crippen molar-refractivity contribution in [1.82, 2.24) is 14.7 Å². The fourth-order valence-electron chi connectivity index (χ4n) is 2.89. The van der Waals surface area contributed by atoms with Gasteiger partial charge in [-0.25, -0.2) is 4.79 Å². The smallest absolute Gasteiger partial charge is 0.410 e. The Morgan fingerprint density at radius 1 is 1.28 bits per heavy atom. The molecule has 1 amide bonds. The van der Waals surface area contributed by atoms with E-state index >= 15 is 0 Å². The van der Waals surface area contributed by atoms with Crippen LogP contribution in [0.1, 0.15) is 31.7 Å². The summed E-state index contributed by atoms with van der Waals surface area (Å²) in [6, 6.07) is 0.856. The van der Waals surface area contributed by atoms with Crippen LogP contribution in [0.15, 0.2) is 12.4 Å². The second-order valence-corrected chi connectivity index (χ2v) is 6.15. The van der Waals surface area contributed by atoms with Crippen molar-refractivity contribution < 1.29 is 9.53 Å². The quantitative estimate of drug-likeness (QED) is 0.761. The Bertz CT molecular complexity index is 440. The molecule has 0 unspecified atom stereocenters. The summed E-state index contributed by atoms with van der Waals surface area (Å²) < 4.78 is 8.25. The monoisotopic (exact) mass is 361 g/mol. The van der Waals surface area contributed by atoms with Gasteiger partial charge in [-0.2, -0.15) is 5.10 Å². The fraction of sp³-hybridized carbons (Fsp3) is 0.667. The van der Waals surface area contributed by atoms with Crippen LogP contribution in [0.5, 0.6) is 0 Å². The van der Waals surface area contributed by atoms with Gasteiger partial charge in [0, 0.05) is 12.2 Å². The Morgan fingerprint density at radius 3 is 2.56 bits per heavy atom. The number of rotatable bonds is 2. The van der Waals surface area contributed by atoms with Crippen molar-refractivity contribution in [2.45, 2.75) is 37.8 Å². The van der Waals surface area contributed by atoms with Crippen LogP contribution in [0.25, 0.3) is 0 Å². The lowest BCUT2D eigenvalue weighted by Gasteiger charge is -2.33. The standard InChI is InChI=1S/C12H16IN3O2/c13-9-7-14-16(8-9)11-3-1-10(2-4-11)15-5-6-18-12(15)17/h7-8,10-11H,1-6H2/t10-,11-. The van der Waals surface area contributed by atoms with E-state index < -0.39 is 0 Å². The molecule has 1 aromatic heterocycles. The number of ether oxygens (including phenoxy) is 1. The molecule has 98 valence electrons. The second kappa shape index (κ2) is 5.07. The van der Waals surface area contributed by atoms with E-state index in [-0.39, 0.29) is 6.09 Å². The Balaban J connectivity index is 1.59. The third-order valence-electron chi connectivity index (χ3n) is 3.84. The average Bonchev–Trinajstić information content (AvgIpc) is 2.98. The zero-order valence-corrected chi connectivity index (χ0v) is 12.2. The third kappa shape index (κ3) is 2.34. The van der Waals surface area contributed by atoms with Gasteiger partial charge >= 0.3 is 6.09 Å². The Kier molecular flexibility index (Phi) is 3.45. The first kappa shape index (κ1) is 12.3. The van der Waals surface area contributed by atoms with Gasteiger partial charge in [-0.1, -0.05) is 0 Å². The predicted molar refractivity (Wildman–Crippen MR) is 74.3 cm³/mol. The molecule has 1 saturated carbocycles.